The molecule has 0 saturated carbocycles. The zero-order valence-corrected chi connectivity index (χ0v) is 10.5. The Kier molecular flexibility index (Phi) is 2.96. The van der Waals surface area contributed by atoms with Gasteiger partial charge in [-0.3, -0.25) is 0 Å². The lowest BCUT2D eigenvalue weighted by molar-refractivity contribution is 0.624. The molecular weight excluding hydrogens is 249 g/mol. The largest absolute Gasteiger partial charge is 0.383 e. The van der Waals surface area contributed by atoms with Gasteiger partial charge < -0.3 is 5.32 Å². The van der Waals surface area contributed by atoms with Crippen molar-refractivity contribution >= 4 is 17.3 Å². The molecule has 0 aliphatic heterocycles. The molecule has 1 unspecified atom stereocenters. The lowest BCUT2D eigenvalue weighted by Gasteiger charge is -2.30. The van der Waals surface area contributed by atoms with E-state index in [9.17, 15) is 4.39 Å². The number of rotatable bonds is 3. The number of fused-ring (bicyclic) bond motifs is 1. The van der Waals surface area contributed by atoms with Crippen LogP contribution in [0.5, 0.6) is 0 Å². The molecule has 0 saturated heterocycles. The van der Waals surface area contributed by atoms with Crippen LogP contribution in [0.3, 0.4) is 0 Å². The van der Waals surface area contributed by atoms with Crippen LogP contribution in [-0.4, -0.2) is 6.54 Å². The van der Waals surface area contributed by atoms with E-state index in [-0.39, 0.29) is 5.82 Å². The summed E-state index contributed by atoms with van der Waals surface area (Å²) >= 11 is 6.01. The predicted molar refractivity (Wildman–Crippen MR) is 72.8 cm³/mol. The molecule has 2 aromatic rings. The van der Waals surface area contributed by atoms with Crippen molar-refractivity contribution in [3.05, 3.63) is 64.4 Å². The van der Waals surface area contributed by atoms with Crippen molar-refractivity contribution in [2.24, 2.45) is 0 Å². The maximum Gasteiger partial charge on any atom is 0.125 e. The fourth-order valence-electron chi connectivity index (χ4n) is 2.41. The van der Waals surface area contributed by atoms with Crippen LogP contribution in [0.4, 0.5) is 10.1 Å². The van der Waals surface area contributed by atoms with Gasteiger partial charge in [0.05, 0.1) is 10.7 Å². The first kappa shape index (κ1) is 11.5. The van der Waals surface area contributed by atoms with E-state index in [2.05, 4.69) is 29.6 Å². The summed E-state index contributed by atoms with van der Waals surface area (Å²) in [4.78, 5) is 0. The third-order valence-electron chi connectivity index (χ3n) is 3.43. The number of nitrogens with one attached hydrogen (secondary N) is 1. The predicted octanol–water partition coefficient (Wildman–Crippen LogP) is 4.23. The first-order chi connectivity index (χ1) is 8.74. The zero-order chi connectivity index (χ0) is 12.5. The fourth-order valence-corrected chi connectivity index (χ4v) is 2.60. The molecule has 0 aromatic heterocycles. The number of benzene rings is 2. The third kappa shape index (κ3) is 2.08. The Hall–Kier alpha value is -1.54. The second kappa shape index (κ2) is 4.62. The van der Waals surface area contributed by atoms with E-state index in [0.29, 0.717) is 16.6 Å². The van der Waals surface area contributed by atoms with Crippen LogP contribution < -0.4 is 5.32 Å². The first-order valence-electron chi connectivity index (χ1n) is 6.01. The van der Waals surface area contributed by atoms with Crippen LogP contribution >= 0.6 is 11.6 Å². The minimum atomic E-state index is -0.268. The average Bonchev–Trinajstić information content (AvgIpc) is 2.34. The zero-order valence-electron chi connectivity index (χ0n) is 9.79. The summed E-state index contributed by atoms with van der Waals surface area (Å²) in [5.74, 6) is 0.233. The highest BCUT2D eigenvalue weighted by Crippen LogP contribution is 2.35. The van der Waals surface area contributed by atoms with Crippen LogP contribution in [0.15, 0.2) is 42.5 Å². The Labute approximate surface area is 111 Å². The summed E-state index contributed by atoms with van der Waals surface area (Å²) in [5.41, 5.74) is 3.47. The van der Waals surface area contributed by atoms with E-state index >= 15 is 0 Å². The summed E-state index contributed by atoms with van der Waals surface area (Å²) in [5, 5.41) is 3.78. The topological polar surface area (TPSA) is 12.0 Å². The Morgan fingerprint density at radius 2 is 2.06 bits per heavy atom. The van der Waals surface area contributed by atoms with E-state index in [1.807, 2.05) is 0 Å². The van der Waals surface area contributed by atoms with Gasteiger partial charge in [-0.05, 0) is 35.7 Å². The van der Waals surface area contributed by atoms with Gasteiger partial charge in [-0.15, -0.1) is 0 Å². The molecule has 92 valence electrons. The summed E-state index contributed by atoms with van der Waals surface area (Å²) < 4.78 is 13.1. The summed E-state index contributed by atoms with van der Waals surface area (Å²) in [7, 11) is 0. The molecule has 1 aliphatic carbocycles. The number of hydrogen-bond acceptors (Lipinski definition) is 1. The van der Waals surface area contributed by atoms with Gasteiger partial charge in [-0.25, -0.2) is 4.39 Å². The summed E-state index contributed by atoms with van der Waals surface area (Å²) in [6, 6.07) is 12.8. The van der Waals surface area contributed by atoms with Gasteiger partial charge in [0.1, 0.15) is 5.82 Å². The minimum Gasteiger partial charge on any atom is -0.383 e. The van der Waals surface area contributed by atoms with Crippen molar-refractivity contribution in [1.29, 1.82) is 0 Å². The lowest BCUT2D eigenvalue weighted by Crippen LogP contribution is -2.24. The van der Waals surface area contributed by atoms with Crippen molar-refractivity contribution in [3.63, 3.8) is 0 Å². The van der Waals surface area contributed by atoms with E-state index in [4.69, 9.17) is 11.6 Å². The van der Waals surface area contributed by atoms with Crippen LogP contribution in [0.2, 0.25) is 5.02 Å². The minimum absolute atomic E-state index is 0.268. The Morgan fingerprint density at radius 3 is 2.89 bits per heavy atom. The summed E-state index contributed by atoms with van der Waals surface area (Å²) in [6.45, 7) is 0.792. The smallest absolute Gasteiger partial charge is 0.125 e. The molecule has 0 spiro atoms. The van der Waals surface area contributed by atoms with Gasteiger partial charge in [0.2, 0.25) is 0 Å². The Bertz CT molecular complexity index is 582. The molecule has 0 radical (unpaired) electrons. The number of halogens is 2. The van der Waals surface area contributed by atoms with E-state index < -0.39 is 0 Å². The standard InChI is InChI=1S/C15H13ClFN/c16-14-6-5-12(17)8-15(14)18-9-11-7-10-3-1-2-4-13(10)11/h1-6,8,11,18H,7,9H2. The van der Waals surface area contributed by atoms with Gasteiger partial charge in [-0.2, -0.15) is 0 Å². The average molecular weight is 262 g/mol. The van der Waals surface area contributed by atoms with Crippen LogP contribution in [-0.2, 0) is 6.42 Å². The molecule has 18 heavy (non-hydrogen) atoms. The van der Waals surface area contributed by atoms with Gasteiger partial charge in [-0.1, -0.05) is 35.9 Å². The van der Waals surface area contributed by atoms with Gasteiger partial charge in [0.25, 0.3) is 0 Å². The molecule has 0 fully saturated rings. The highest BCUT2D eigenvalue weighted by Gasteiger charge is 2.24. The van der Waals surface area contributed by atoms with E-state index in [0.717, 1.165) is 13.0 Å². The lowest BCUT2D eigenvalue weighted by atomic mass is 9.77. The highest BCUT2D eigenvalue weighted by atomic mass is 35.5. The van der Waals surface area contributed by atoms with Crippen LogP contribution in [0, 0.1) is 5.82 Å². The normalized spacial score (nSPS) is 16.9. The molecular formula is C15H13ClFN. The molecule has 1 atom stereocenters. The maximum atomic E-state index is 13.1. The second-order valence-electron chi connectivity index (χ2n) is 4.60. The molecule has 3 rings (SSSR count). The molecule has 2 aromatic carbocycles. The monoisotopic (exact) mass is 261 g/mol. The number of hydrogen-bond donors (Lipinski definition) is 1. The molecule has 0 heterocycles. The fraction of sp³-hybridized carbons (Fsp3) is 0.200. The van der Waals surface area contributed by atoms with E-state index in [1.165, 1.54) is 23.3 Å². The van der Waals surface area contributed by atoms with Gasteiger partial charge in [0.15, 0.2) is 0 Å². The van der Waals surface area contributed by atoms with Crippen molar-refractivity contribution < 1.29 is 4.39 Å². The third-order valence-corrected chi connectivity index (χ3v) is 3.76. The first-order valence-corrected chi connectivity index (χ1v) is 6.38. The molecule has 0 amide bonds. The molecule has 1 nitrogen and oxygen atoms in total. The van der Waals surface area contributed by atoms with Gasteiger partial charge >= 0.3 is 0 Å². The SMILES string of the molecule is Fc1ccc(Cl)c(NCC2Cc3ccccc32)c1. The second-order valence-corrected chi connectivity index (χ2v) is 5.01. The molecule has 1 aliphatic rings. The Balaban J connectivity index is 1.68. The van der Waals surface area contributed by atoms with E-state index in [1.54, 1.807) is 6.07 Å². The van der Waals surface area contributed by atoms with Gasteiger partial charge in [0, 0.05) is 12.5 Å². The molecule has 0 bridgehead atoms. The van der Waals surface area contributed by atoms with Crippen molar-refractivity contribution in [2.75, 3.05) is 11.9 Å². The number of anilines is 1. The molecule has 1 N–H and O–H groups in total. The van der Waals surface area contributed by atoms with Crippen molar-refractivity contribution in [2.45, 2.75) is 12.3 Å². The van der Waals surface area contributed by atoms with Crippen molar-refractivity contribution in [3.8, 4) is 0 Å². The van der Waals surface area contributed by atoms with Crippen molar-refractivity contribution in [1.82, 2.24) is 0 Å². The molecule has 3 heteroatoms. The van der Waals surface area contributed by atoms with Crippen LogP contribution in [0.25, 0.3) is 0 Å². The Morgan fingerprint density at radius 1 is 1.22 bits per heavy atom. The highest BCUT2D eigenvalue weighted by molar-refractivity contribution is 6.33. The quantitative estimate of drug-likeness (QED) is 0.872. The summed E-state index contributed by atoms with van der Waals surface area (Å²) in [6.07, 6.45) is 1.08. The van der Waals surface area contributed by atoms with Crippen LogP contribution in [0.1, 0.15) is 17.0 Å². The maximum absolute atomic E-state index is 13.1.